The van der Waals surface area contributed by atoms with Gasteiger partial charge in [-0.15, -0.1) is 0 Å². The molecule has 43 valence electrons. The molecule has 1 aromatic rings. The average Bonchev–Trinajstić information content (AvgIpc) is 1.69. The van der Waals surface area contributed by atoms with Gasteiger partial charge in [-0.25, -0.2) is 0 Å². The van der Waals surface area contributed by atoms with Crippen LogP contribution in [0.5, 0.6) is 0 Å². The average molecular weight is 130 g/mol. The van der Waals surface area contributed by atoms with Gasteiger partial charge >= 0.3 is 0 Å². The number of hydrogen-bond acceptors (Lipinski definition) is 0. The Morgan fingerprint density at radius 1 is 1.25 bits per heavy atom. The summed E-state index contributed by atoms with van der Waals surface area (Å²) in [6.07, 6.45) is 0. The highest BCUT2D eigenvalue weighted by Gasteiger charge is 1.75. The van der Waals surface area contributed by atoms with Crippen molar-refractivity contribution in [3.63, 3.8) is 0 Å². The van der Waals surface area contributed by atoms with Gasteiger partial charge in [0, 0.05) is 5.02 Å². The molecular weight excluding hydrogens is 124 g/mol. The Bertz CT molecular complexity index is 138. The van der Waals surface area contributed by atoms with Crippen molar-refractivity contribution < 1.29 is 5.48 Å². The minimum Gasteiger partial charge on any atom is -0.412 e. The van der Waals surface area contributed by atoms with Crippen molar-refractivity contribution in [2.24, 2.45) is 0 Å². The molecular formula is C6H6ClO. The highest BCUT2D eigenvalue weighted by atomic mass is 35.5. The molecule has 0 spiro atoms. The first-order valence-electron chi connectivity index (χ1n) is 2.01. The fraction of sp³-hybridized carbons (Fsp3) is 0. The van der Waals surface area contributed by atoms with E-state index in [0.717, 1.165) is 5.02 Å². The van der Waals surface area contributed by atoms with E-state index in [2.05, 4.69) is 6.07 Å². The van der Waals surface area contributed by atoms with Crippen LogP contribution in [0.1, 0.15) is 0 Å². The maximum atomic E-state index is 5.52. The normalized spacial score (nSPS) is 7.62. The molecule has 2 N–H and O–H groups in total. The van der Waals surface area contributed by atoms with Crippen LogP contribution in [0.2, 0.25) is 5.02 Å². The first-order valence-corrected chi connectivity index (χ1v) is 2.39. The number of halogens is 1. The zero-order valence-electron chi connectivity index (χ0n) is 4.19. The van der Waals surface area contributed by atoms with Crippen LogP contribution < -0.4 is 0 Å². The summed E-state index contributed by atoms with van der Waals surface area (Å²) in [5.41, 5.74) is 0. The number of hydrogen-bond donors (Lipinski definition) is 0. The van der Waals surface area contributed by atoms with Crippen molar-refractivity contribution in [2.75, 3.05) is 0 Å². The van der Waals surface area contributed by atoms with Gasteiger partial charge in [0.05, 0.1) is 0 Å². The van der Waals surface area contributed by atoms with Gasteiger partial charge in [0.25, 0.3) is 0 Å². The lowest BCUT2D eigenvalue weighted by Crippen LogP contribution is -1.56. The smallest absolute Gasteiger partial charge is 0.0406 e. The summed E-state index contributed by atoms with van der Waals surface area (Å²) in [6.45, 7) is 0. The van der Waals surface area contributed by atoms with E-state index < -0.39 is 0 Å². The standard InChI is InChI=1S/C6H4Cl.H2O/c7-6-4-2-1-3-5-6;/h2-5H;1H2. The predicted molar refractivity (Wildman–Crippen MR) is 33.9 cm³/mol. The maximum absolute atomic E-state index is 5.52. The molecule has 0 aromatic heterocycles. The highest BCUT2D eigenvalue weighted by molar-refractivity contribution is 6.30. The fourth-order valence-electron chi connectivity index (χ4n) is 0.367. The molecule has 0 aliphatic heterocycles. The monoisotopic (exact) mass is 129 g/mol. The number of benzene rings is 1. The van der Waals surface area contributed by atoms with E-state index in [0.29, 0.717) is 0 Å². The lowest BCUT2D eigenvalue weighted by atomic mass is 10.4. The Balaban J connectivity index is 0.000000490. The third-order valence-corrected chi connectivity index (χ3v) is 0.930. The molecule has 0 saturated heterocycles. The molecule has 0 amide bonds. The lowest BCUT2D eigenvalue weighted by Gasteiger charge is -1.79. The van der Waals surface area contributed by atoms with E-state index in [1.54, 1.807) is 24.3 Å². The maximum Gasteiger partial charge on any atom is 0.0406 e. The molecule has 1 nitrogen and oxygen atoms in total. The van der Waals surface area contributed by atoms with Gasteiger partial charge < -0.3 is 5.48 Å². The van der Waals surface area contributed by atoms with Gasteiger partial charge in [0.2, 0.25) is 0 Å². The van der Waals surface area contributed by atoms with Gasteiger partial charge in [0.15, 0.2) is 0 Å². The van der Waals surface area contributed by atoms with Gasteiger partial charge in [-0.1, -0.05) is 23.7 Å². The molecule has 2 heteroatoms. The van der Waals surface area contributed by atoms with Crippen LogP contribution in [0.3, 0.4) is 0 Å². The molecule has 0 aliphatic rings. The molecule has 0 saturated carbocycles. The fourth-order valence-corrected chi connectivity index (χ4v) is 0.493. The minimum absolute atomic E-state index is 0. The molecule has 0 fully saturated rings. The van der Waals surface area contributed by atoms with Gasteiger partial charge in [-0.3, -0.25) is 0 Å². The summed E-state index contributed by atoms with van der Waals surface area (Å²) in [5, 5.41) is 0.763. The first-order chi connectivity index (χ1) is 3.39. The Morgan fingerprint density at radius 2 is 1.75 bits per heavy atom. The molecule has 0 bridgehead atoms. The number of rotatable bonds is 0. The predicted octanol–water partition coefficient (Wildman–Crippen LogP) is 1.32. The van der Waals surface area contributed by atoms with Crippen LogP contribution in [0.15, 0.2) is 24.3 Å². The first kappa shape index (κ1) is 7.47. The van der Waals surface area contributed by atoms with Crippen molar-refractivity contribution in [1.29, 1.82) is 0 Å². The zero-order valence-corrected chi connectivity index (χ0v) is 4.94. The molecule has 8 heavy (non-hydrogen) atoms. The van der Waals surface area contributed by atoms with Crippen molar-refractivity contribution in [1.82, 2.24) is 0 Å². The largest absolute Gasteiger partial charge is 0.412 e. The summed E-state index contributed by atoms with van der Waals surface area (Å²) < 4.78 is 0. The van der Waals surface area contributed by atoms with Crippen LogP contribution >= 0.6 is 11.6 Å². The van der Waals surface area contributed by atoms with E-state index in [1.807, 2.05) is 0 Å². The Labute approximate surface area is 53.2 Å². The highest BCUT2D eigenvalue weighted by Crippen LogP contribution is 2.03. The van der Waals surface area contributed by atoms with E-state index in [1.165, 1.54) is 0 Å². The third-order valence-electron chi connectivity index (χ3n) is 0.678. The minimum atomic E-state index is 0. The quantitative estimate of drug-likeness (QED) is 0.506. The Morgan fingerprint density at radius 3 is 2.00 bits per heavy atom. The molecule has 0 atom stereocenters. The van der Waals surface area contributed by atoms with Crippen molar-refractivity contribution in [2.45, 2.75) is 0 Å². The van der Waals surface area contributed by atoms with E-state index in [-0.39, 0.29) is 5.48 Å². The van der Waals surface area contributed by atoms with Crippen LogP contribution in [-0.2, 0) is 0 Å². The molecule has 1 radical (unpaired) electrons. The second-order valence-corrected chi connectivity index (χ2v) is 1.65. The van der Waals surface area contributed by atoms with Gasteiger partial charge in [-0.2, -0.15) is 0 Å². The van der Waals surface area contributed by atoms with E-state index in [4.69, 9.17) is 11.6 Å². The van der Waals surface area contributed by atoms with Crippen molar-refractivity contribution in [3.05, 3.63) is 35.4 Å². The van der Waals surface area contributed by atoms with Crippen LogP contribution in [0.4, 0.5) is 0 Å². The molecule has 0 unspecified atom stereocenters. The van der Waals surface area contributed by atoms with Crippen LogP contribution in [0.25, 0.3) is 0 Å². The second-order valence-electron chi connectivity index (χ2n) is 1.22. The topological polar surface area (TPSA) is 31.5 Å². The SMILES string of the molecule is Clc1cc[c]cc1.O. The summed E-state index contributed by atoms with van der Waals surface area (Å²) in [5.74, 6) is 0. The summed E-state index contributed by atoms with van der Waals surface area (Å²) in [7, 11) is 0. The molecule has 1 rings (SSSR count). The van der Waals surface area contributed by atoms with Crippen molar-refractivity contribution >= 4 is 11.6 Å². The van der Waals surface area contributed by atoms with Gasteiger partial charge in [0.1, 0.15) is 0 Å². The van der Waals surface area contributed by atoms with Gasteiger partial charge in [-0.05, 0) is 18.2 Å². The molecule has 0 aliphatic carbocycles. The zero-order chi connectivity index (χ0) is 5.11. The summed E-state index contributed by atoms with van der Waals surface area (Å²) in [4.78, 5) is 0. The molecule has 0 heterocycles. The summed E-state index contributed by atoms with van der Waals surface area (Å²) >= 11 is 5.52. The van der Waals surface area contributed by atoms with Crippen LogP contribution in [-0.4, -0.2) is 5.48 Å². The van der Waals surface area contributed by atoms with E-state index >= 15 is 0 Å². The molecule has 1 aromatic carbocycles. The lowest BCUT2D eigenvalue weighted by molar-refractivity contribution is 0.824. The van der Waals surface area contributed by atoms with Crippen molar-refractivity contribution in [3.8, 4) is 0 Å². The third kappa shape index (κ3) is 1.96. The Hall–Kier alpha value is -0.530. The van der Waals surface area contributed by atoms with Crippen LogP contribution in [0, 0.1) is 6.07 Å². The second kappa shape index (κ2) is 3.47. The Kier molecular flexibility index (Phi) is 3.24. The summed E-state index contributed by atoms with van der Waals surface area (Å²) in [6, 6.07) is 10.00. The van der Waals surface area contributed by atoms with E-state index in [9.17, 15) is 0 Å².